The summed E-state index contributed by atoms with van der Waals surface area (Å²) in [6.07, 6.45) is 1.43. The van der Waals surface area contributed by atoms with E-state index in [0.717, 1.165) is 35.1 Å². The number of nitrogens with one attached hydrogen (secondary N) is 2. The highest BCUT2D eigenvalue weighted by Gasteiger charge is 2.18. The lowest BCUT2D eigenvalue weighted by atomic mass is 10.1. The summed E-state index contributed by atoms with van der Waals surface area (Å²) in [4.78, 5) is 16.9. The number of aryl methyl sites for hydroxylation is 2. The van der Waals surface area contributed by atoms with Crippen LogP contribution in [0, 0.1) is 13.8 Å². The smallest absolute Gasteiger partial charge is 0.419 e. The number of nitrogens with zero attached hydrogens (tertiary/aromatic N) is 2. The second-order valence-electron chi connectivity index (χ2n) is 5.74. The van der Waals surface area contributed by atoms with Crippen molar-refractivity contribution in [1.82, 2.24) is 14.9 Å². The van der Waals surface area contributed by atoms with Crippen molar-refractivity contribution in [2.45, 2.75) is 33.6 Å². The Bertz CT molecular complexity index is 772. The number of carbonyl (C=O) groups excluding carboxylic acids is 1. The number of rotatable bonds is 6. The number of hydrogen-bond acceptors (Lipinski definition) is 5. The van der Waals surface area contributed by atoms with E-state index in [0.29, 0.717) is 30.6 Å². The van der Waals surface area contributed by atoms with E-state index in [2.05, 4.69) is 22.5 Å². The van der Waals surface area contributed by atoms with Gasteiger partial charge < -0.3 is 21.1 Å². The SMILES string of the molecule is CCCCOC(=O)n1c(C)nc2c(C)c(NC(=S)NCCN)ccc21. The topological polar surface area (TPSA) is 94.2 Å². The molecular formula is C17H25N5O2S. The van der Waals surface area contributed by atoms with Crippen molar-refractivity contribution in [1.29, 1.82) is 0 Å². The molecule has 1 aromatic carbocycles. The van der Waals surface area contributed by atoms with Crippen molar-refractivity contribution in [3.8, 4) is 0 Å². The number of fused-ring (bicyclic) bond motifs is 1. The van der Waals surface area contributed by atoms with Crippen molar-refractivity contribution >= 4 is 40.1 Å². The zero-order chi connectivity index (χ0) is 18.4. The Morgan fingerprint density at radius 2 is 2.16 bits per heavy atom. The lowest BCUT2D eigenvalue weighted by molar-refractivity contribution is 0.146. The maximum Gasteiger partial charge on any atom is 0.419 e. The Labute approximate surface area is 152 Å². The first-order chi connectivity index (χ1) is 12.0. The minimum absolute atomic E-state index is 0.395. The van der Waals surface area contributed by atoms with E-state index in [1.807, 2.05) is 19.1 Å². The Kier molecular flexibility index (Phi) is 6.72. The molecule has 0 atom stereocenters. The van der Waals surface area contributed by atoms with E-state index in [4.69, 9.17) is 22.7 Å². The van der Waals surface area contributed by atoms with Gasteiger partial charge in [-0.1, -0.05) is 13.3 Å². The molecular weight excluding hydrogens is 338 g/mol. The summed E-state index contributed by atoms with van der Waals surface area (Å²) in [7, 11) is 0. The molecule has 4 N–H and O–H groups in total. The van der Waals surface area contributed by atoms with Crippen molar-refractivity contribution in [2.24, 2.45) is 5.73 Å². The van der Waals surface area contributed by atoms with Gasteiger partial charge >= 0.3 is 6.09 Å². The molecule has 0 spiro atoms. The second-order valence-corrected chi connectivity index (χ2v) is 6.15. The van der Waals surface area contributed by atoms with Gasteiger partial charge in [0.15, 0.2) is 5.11 Å². The number of unbranched alkanes of at least 4 members (excludes halogenated alkanes) is 1. The number of thiocarbonyl (C=S) groups is 1. The third-order valence-electron chi connectivity index (χ3n) is 3.83. The van der Waals surface area contributed by atoms with Crippen LogP contribution in [0.4, 0.5) is 10.5 Å². The number of anilines is 1. The molecule has 2 rings (SSSR count). The molecule has 0 bridgehead atoms. The lowest BCUT2D eigenvalue weighted by Gasteiger charge is -2.12. The van der Waals surface area contributed by atoms with Gasteiger partial charge in [-0.2, -0.15) is 0 Å². The van der Waals surface area contributed by atoms with Crippen LogP contribution in [0.2, 0.25) is 0 Å². The Morgan fingerprint density at radius 3 is 2.84 bits per heavy atom. The predicted octanol–water partition coefficient (Wildman–Crippen LogP) is 2.68. The summed E-state index contributed by atoms with van der Waals surface area (Å²) in [5.41, 5.74) is 8.68. The van der Waals surface area contributed by atoms with Crippen LogP contribution in [0.1, 0.15) is 31.2 Å². The molecule has 25 heavy (non-hydrogen) atoms. The third-order valence-corrected chi connectivity index (χ3v) is 4.08. The van der Waals surface area contributed by atoms with Crippen LogP contribution < -0.4 is 16.4 Å². The predicted molar refractivity (Wildman–Crippen MR) is 104 cm³/mol. The minimum Gasteiger partial charge on any atom is -0.449 e. The largest absolute Gasteiger partial charge is 0.449 e. The maximum absolute atomic E-state index is 12.4. The molecule has 0 amide bonds. The number of aromatic nitrogens is 2. The van der Waals surface area contributed by atoms with E-state index in [1.54, 1.807) is 6.92 Å². The van der Waals surface area contributed by atoms with Crippen molar-refractivity contribution in [3.05, 3.63) is 23.5 Å². The molecule has 0 radical (unpaired) electrons. The van der Waals surface area contributed by atoms with Crippen molar-refractivity contribution < 1.29 is 9.53 Å². The summed E-state index contributed by atoms with van der Waals surface area (Å²) in [6, 6.07) is 3.72. The van der Waals surface area contributed by atoms with Crippen molar-refractivity contribution in [2.75, 3.05) is 25.0 Å². The number of ether oxygens (including phenoxy) is 1. The zero-order valence-corrected chi connectivity index (χ0v) is 15.7. The zero-order valence-electron chi connectivity index (χ0n) is 14.9. The fourth-order valence-electron chi connectivity index (χ4n) is 2.48. The van der Waals surface area contributed by atoms with Crippen LogP contribution in [0.5, 0.6) is 0 Å². The first-order valence-electron chi connectivity index (χ1n) is 8.40. The molecule has 7 nitrogen and oxygen atoms in total. The number of benzene rings is 1. The molecule has 0 unspecified atom stereocenters. The van der Waals surface area contributed by atoms with Gasteiger partial charge in [0, 0.05) is 24.3 Å². The highest BCUT2D eigenvalue weighted by atomic mass is 32.1. The van der Waals surface area contributed by atoms with Gasteiger partial charge in [0.1, 0.15) is 5.82 Å². The average Bonchev–Trinajstić information content (AvgIpc) is 2.92. The summed E-state index contributed by atoms with van der Waals surface area (Å²) in [6.45, 7) is 7.30. The summed E-state index contributed by atoms with van der Waals surface area (Å²) in [5.74, 6) is 0.598. The van der Waals surface area contributed by atoms with Crippen LogP contribution in [0.25, 0.3) is 11.0 Å². The molecule has 0 aliphatic carbocycles. The molecule has 1 aromatic heterocycles. The van der Waals surface area contributed by atoms with E-state index in [9.17, 15) is 4.79 Å². The quantitative estimate of drug-likeness (QED) is 0.536. The fraction of sp³-hybridized carbons (Fsp3) is 0.471. The highest BCUT2D eigenvalue weighted by molar-refractivity contribution is 7.80. The number of hydrogen-bond donors (Lipinski definition) is 3. The standard InChI is InChI=1S/C17H25N5O2S/c1-4-5-10-24-17(23)22-12(3)20-15-11(2)13(6-7-14(15)22)21-16(25)19-9-8-18/h6-7H,4-5,8-10,18H2,1-3H3,(H2,19,21,25). The Balaban J connectivity index is 2.27. The van der Waals surface area contributed by atoms with Gasteiger partial charge in [0.05, 0.1) is 17.6 Å². The van der Waals surface area contributed by atoms with E-state index in [1.165, 1.54) is 4.57 Å². The van der Waals surface area contributed by atoms with Gasteiger partial charge in [-0.15, -0.1) is 0 Å². The molecule has 136 valence electrons. The second kappa shape index (κ2) is 8.77. The summed E-state index contributed by atoms with van der Waals surface area (Å²) < 4.78 is 6.83. The molecule has 8 heteroatoms. The molecule has 0 aliphatic heterocycles. The highest BCUT2D eigenvalue weighted by Crippen LogP contribution is 2.26. The monoisotopic (exact) mass is 363 g/mol. The molecule has 0 saturated carbocycles. The molecule has 0 aliphatic rings. The molecule has 0 fully saturated rings. The van der Waals surface area contributed by atoms with E-state index >= 15 is 0 Å². The van der Waals surface area contributed by atoms with E-state index < -0.39 is 6.09 Å². The van der Waals surface area contributed by atoms with Crippen LogP contribution in [-0.4, -0.2) is 40.5 Å². The normalized spacial score (nSPS) is 10.7. The Morgan fingerprint density at radius 1 is 1.40 bits per heavy atom. The summed E-state index contributed by atoms with van der Waals surface area (Å²) in [5, 5.41) is 6.65. The number of carbonyl (C=O) groups is 1. The van der Waals surface area contributed by atoms with Gasteiger partial charge in [-0.05, 0) is 44.6 Å². The third kappa shape index (κ3) is 4.46. The summed E-state index contributed by atoms with van der Waals surface area (Å²) >= 11 is 5.24. The first kappa shape index (κ1) is 19.1. The van der Waals surface area contributed by atoms with Gasteiger partial charge in [0.2, 0.25) is 0 Å². The number of nitrogens with two attached hydrogens (primary N) is 1. The molecule has 0 saturated heterocycles. The van der Waals surface area contributed by atoms with E-state index in [-0.39, 0.29) is 0 Å². The van der Waals surface area contributed by atoms with Crippen LogP contribution in [0.3, 0.4) is 0 Å². The average molecular weight is 363 g/mol. The van der Waals surface area contributed by atoms with Crippen LogP contribution in [0.15, 0.2) is 12.1 Å². The Hall–Kier alpha value is -2.19. The van der Waals surface area contributed by atoms with Crippen LogP contribution >= 0.6 is 12.2 Å². The lowest BCUT2D eigenvalue weighted by Crippen LogP contribution is -2.32. The van der Waals surface area contributed by atoms with Crippen LogP contribution in [-0.2, 0) is 4.74 Å². The van der Waals surface area contributed by atoms with Gasteiger partial charge in [-0.3, -0.25) is 0 Å². The molecule has 1 heterocycles. The fourth-order valence-corrected chi connectivity index (χ4v) is 2.69. The number of imidazole rings is 1. The van der Waals surface area contributed by atoms with Gasteiger partial charge in [0.25, 0.3) is 0 Å². The van der Waals surface area contributed by atoms with Gasteiger partial charge in [-0.25, -0.2) is 14.3 Å². The maximum atomic E-state index is 12.4. The first-order valence-corrected chi connectivity index (χ1v) is 8.81. The van der Waals surface area contributed by atoms with Crippen molar-refractivity contribution in [3.63, 3.8) is 0 Å². The molecule has 2 aromatic rings. The minimum atomic E-state index is -0.395.